The molecule has 2 rings (SSSR count). The largest absolute Gasteiger partial charge is 0.505 e. The first-order valence-corrected chi connectivity index (χ1v) is 7.68. The first-order valence-electron chi connectivity index (χ1n) is 6.20. The Morgan fingerprint density at radius 3 is 2.64 bits per heavy atom. The number of rotatable bonds is 4. The van der Waals surface area contributed by atoms with Crippen LogP contribution in [0.25, 0.3) is 0 Å². The molecule has 9 heteroatoms. The smallest absolute Gasteiger partial charge is 0.341 e. The van der Waals surface area contributed by atoms with Crippen LogP contribution in [0, 0.1) is 6.92 Å². The summed E-state index contributed by atoms with van der Waals surface area (Å²) < 4.78 is 32.6. The fraction of sp³-hybridized carbons (Fsp3) is 0.231. The van der Waals surface area contributed by atoms with E-state index in [1.165, 1.54) is 36.0 Å². The van der Waals surface area contributed by atoms with E-state index in [-0.39, 0.29) is 16.3 Å². The van der Waals surface area contributed by atoms with Gasteiger partial charge in [-0.15, -0.1) is 0 Å². The number of hydrogen-bond acceptors (Lipinski definition) is 6. The molecule has 0 spiro atoms. The lowest BCUT2D eigenvalue weighted by Gasteiger charge is -2.11. The van der Waals surface area contributed by atoms with E-state index in [1.807, 2.05) is 0 Å². The molecule has 0 saturated heterocycles. The summed E-state index contributed by atoms with van der Waals surface area (Å²) in [5.41, 5.74) is 0.279. The molecule has 1 aromatic carbocycles. The van der Waals surface area contributed by atoms with Gasteiger partial charge in [-0.05, 0) is 25.1 Å². The van der Waals surface area contributed by atoms with Crippen LogP contribution in [-0.4, -0.2) is 36.4 Å². The van der Waals surface area contributed by atoms with Crippen molar-refractivity contribution < 1.29 is 23.1 Å². The second-order valence-electron chi connectivity index (χ2n) is 4.55. The third kappa shape index (κ3) is 2.89. The lowest BCUT2D eigenvalue weighted by atomic mass is 10.2. The molecule has 0 radical (unpaired) electrons. The number of nitrogens with zero attached hydrogens (tertiary/aromatic N) is 2. The summed E-state index contributed by atoms with van der Waals surface area (Å²) in [7, 11) is -1.30. The van der Waals surface area contributed by atoms with E-state index < -0.39 is 21.7 Å². The molecule has 2 aromatic rings. The number of phenols is 1. The number of sulfonamides is 1. The minimum absolute atomic E-state index is 0.0622. The first kappa shape index (κ1) is 15.8. The number of anilines is 1. The van der Waals surface area contributed by atoms with Gasteiger partial charge in [-0.25, -0.2) is 4.79 Å². The molecule has 1 heterocycles. The van der Waals surface area contributed by atoms with Crippen molar-refractivity contribution in [3.63, 3.8) is 0 Å². The molecule has 0 aliphatic carbocycles. The SMILES string of the molecule is COC(=O)c1cccc(NS(=O)(=O)c2cc(C)nn2C)c1O. The number of esters is 1. The fourth-order valence-corrected chi connectivity index (χ4v) is 3.21. The Morgan fingerprint density at radius 2 is 2.09 bits per heavy atom. The third-order valence-electron chi connectivity index (χ3n) is 2.92. The van der Waals surface area contributed by atoms with E-state index in [0.29, 0.717) is 5.69 Å². The molecule has 0 unspecified atom stereocenters. The minimum atomic E-state index is -3.96. The minimum Gasteiger partial charge on any atom is -0.505 e. The van der Waals surface area contributed by atoms with Gasteiger partial charge in [0.2, 0.25) is 0 Å². The van der Waals surface area contributed by atoms with Gasteiger partial charge >= 0.3 is 5.97 Å². The van der Waals surface area contributed by atoms with E-state index in [1.54, 1.807) is 6.92 Å². The van der Waals surface area contributed by atoms with Crippen LogP contribution in [0.1, 0.15) is 16.1 Å². The number of aromatic nitrogens is 2. The van der Waals surface area contributed by atoms with Crippen LogP contribution in [0.3, 0.4) is 0 Å². The molecule has 0 atom stereocenters. The highest BCUT2D eigenvalue weighted by molar-refractivity contribution is 7.92. The molecule has 0 amide bonds. The van der Waals surface area contributed by atoms with E-state index in [9.17, 15) is 18.3 Å². The topological polar surface area (TPSA) is 111 Å². The number of aryl methyl sites for hydroxylation is 2. The zero-order valence-corrected chi connectivity index (χ0v) is 13.0. The van der Waals surface area contributed by atoms with Gasteiger partial charge in [0.25, 0.3) is 10.0 Å². The molecule has 0 fully saturated rings. The number of ether oxygens (including phenoxy) is 1. The normalized spacial score (nSPS) is 11.2. The van der Waals surface area contributed by atoms with Crippen molar-refractivity contribution in [2.24, 2.45) is 7.05 Å². The molecular weight excluding hydrogens is 310 g/mol. The zero-order chi connectivity index (χ0) is 16.5. The van der Waals surface area contributed by atoms with Gasteiger partial charge in [0.15, 0.2) is 10.8 Å². The molecule has 1 aromatic heterocycles. The van der Waals surface area contributed by atoms with Crippen LogP contribution < -0.4 is 4.72 Å². The Balaban J connectivity index is 2.43. The number of carbonyl (C=O) groups is 1. The molecule has 118 valence electrons. The van der Waals surface area contributed by atoms with Gasteiger partial charge in [-0.2, -0.15) is 13.5 Å². The Hall–Kier alpha value is -2.55. The van der Waals surface area contributed by atoms with Crippen LogP contribution in [0.15, 0.2) is 29.3 Å². The molecule has 0 aliphatic heterocycles. The third-order valence-corrected chi connectivity index (χ3v) is 4.34. The molecule has 22 heavy (non-hydrogen) atoms. The molecule has 0 saturated carbocycles. The summed E-state index contributed by atoms with van der Waals surface area (Å²) >= 11 is 0. The maximum atomic E-state index is 12.3. The maximum Gasteiger partial charge on any atom is 0.341 e. The van der Waals surface area contributed by atoms with E-state index in [0.717, 1.165) is 7.11 Å². The molecule has 0 bridgehead atoms. The number of phenolic OH excluding ortho intramolecular Hbond substituents is 1. The highest BCUT2D eigenvalue weighted by atomic mass is 32.2. The fourth-order valence-electron chi connectivity index (χ4n) is 1.94. The maximum absolute atomic E-state index is 12.3. The Kier molecular flexibility index (Phi) is 4.09. The summed E-state index contributed by atoms with van der Waals surface area (Å²) in [5.74, 6) is -1.27. The van der Waals surface area contributed by atoms with Crippen molar-refractivity contribution in [2.75, 3.05) is 11.8 Å². The van der Waals surface area contributed by atoms with E-state index in [2.05, 4.69) is 14.6 Å². The van der Waals surface area contributed by atoms with Crippen LogP contribution in [-0.2, 0) is 21.8 Å². The number of aromatic hydroxyl groups is 1. The highest BCUT2D eigenvalue weighted by Gasteiger charge is 2.22. The van der Waals surface area contributed by atoms with Gasteiger partial charge in [-0.1, -0.05) is 6.07 Å². The van der Waals surface area contributed by atoms with Crippen molar-refractivity contribution in [2.45, 2.75) is 11.9 Å². The van der Waals surface area contributed by atoms with Gasteiger partial charge in [-0.3, -0.25) is 9.40 Å². The average Bonchev–Trinajstić information content (AvgIpc) is 2.80. The summed E-state index contributed by atoms with van der Waals surface area (Å²) in [4.78, 5) is 11.5. The Labute approximate surface area is 127 Å². The number of hydrogen-bond donors (Lipinski definition) is 2. The van der Waals surface area contributed by atoms with Crippen LogP contribution in [0.5, 0.6) is 5.75 Å². The second kappa shape index (κ2) is 5.68. The van der Waals surface area contributed by atoms with Gasteiger partial charge in [0, 0.05) is 7.05 Å². The van der Waals surface area contributed by atoms with Gasteiger partial charge in [0.1, 0.15) is 5.56 Å². The lowest BCUT2D eigenvalue weighted by Crippen LogP contribution is -2.17. The Bertz CT molecular complexity index is 826. The van der Waals surface area contributed by atoms with Crippen molar-refractivity contribution in [3.8, 4) is 5.75 Å². The van der Waals surface area contributed by atoms with Crippen LogP contribution in [0.2, 0.25) is 0 Å². The monoisotopic (exact) mass is 325 g/mol. The van der Waals surface area contributed by atoms with Gasteiger partial charge in [0.05, 0.1) is 18.5 Å². The predicted octanol–water partition coefficient (Wildman–Crippen LogP) is 1.02. The zero-order valence-electron chi connectivity index (χ0n) is 12.2. The lowest BCUT2D eigenvalue weighted by molar-refractivity contribution is 0.0597. The number of benzene rings is 1. The highest BCUT2D eigenvalue weighted by Crippen LogP contribution is 2.30. The first-order chi connectivity index (χ1) is 10.3. The quantitative estimate of drug-likeness (QED) is 0.641. The van der Waals surface area contributed by atoms with Crippen molar-refractivity contribution in [3.05, 3.63) is 35.5 Å². The summed E-state index contributed by atoms with van der Waals surface area (Å²) in [6.07, 6.45) is 0. The van der Waals surface area contributed by atoms with Gasteiger partial charge < -0.3 is 9.84 Å². The second-order valence-corrected chi connectivity index (χ2v) is 6.18. The molecule has 2 N–H and O–H groups in total. The summed E-state index contributed by atoms with van der Waals surface area (Å²) in [5, 5.41) is 13.9. The van der Waals surface area contributed by atoms with Crippen LogP contribution >= 0.6 is 0 Å². The molecule has 0 aliphatic rings. The molecule has 8 nitrogen and oxygen atoms in total. The summed E-state index contributed by atoms with van der Waals surface area (Å²) in [6.45, 7) is 1.66. The number of nitrogens with one attached hydrogen (secondary N) is 1. The predicted molar refractivity (Wildman–Crippen MR) is 78.2 cm³/mol. The average molecular weight is 325 g/mol. The van der Waals surface area contributed by atoms with E-state index in [4.69, 9.17) is 0 Å². The van der Waals surface area contributed by atoms with Crippen molar-refractivity contribution in [1.82, 2.24) is 9.78 Å². The summed E-state index contributed by atoms with van der Waals surface area (Å²) in [6, 6.07) is 5.48. The number of para-hydroxylation sites is 1. The van der Waals surface area contributed by atoms with Crippen LogP contribution in [0.4, 0.5) is 5.69 Å². The Morgan fingerprint density at radius 1 is 1.41 bits per heavy atom. The van der Waals surface area contributed by atoms with Crippen molar-refractivity contribution >= 4 is 21.7 Å². The molecular formula is C13H15N3O5S. The number of carbonyl (C=O) groups excluding carboxylic acids is 1. The standard InChI is InChI=1S/C13H15N3O5S/c1-8-7-11(16(2)14-8)22(19,20)15-10-6-4-5-9(12(10)17)13(18)21-3/h4-7,15,17H,1-3H3. The number of methoxy groups -OCH3 is 1. The van der Waals surface area contributed by atoms with Crippen molar-refractivity contribution in [1.29, 1.82) is 0 Å². The van der Waals surface area contributed by atoms with E-state index >= 15 is 0 Å².